The number of benzene rings is 2. The quantitative estimate of drug-likeness (QED) is 0.143. The van der Waals surface area contributed by atoms with Crippen LogP contribution >= 0.6 is 35.0 Å². The number of fused-ring (bicyclic) bond motifs is 1. The lowest BCUT2D eigenvalue weighted by molar-refractivity contribution is -0.384. The number of aromatic nitrogens is 3. The Hall–Kier alpha value is -3.34. The van der Waals surface area contributed by atoms with E-state index in [2.05, 4.69) is 9.97 Å². The molecule has 2 aromatic heterocycles. The minimum Gasteiger partial charge on any atom is -0.495 e. The summed E-state index contributed by atoms with van der Waals surface area (Å²) in [7, 11) is 2.95. The molecule has 4 aromatic rings. The van der Waals surface area contributed by atoms with E-state index < -0.39 is 4.92 Å². The largest absolute Gasteiger partial charge is 0.495 e. The highest BCUT2D eigenvalue weighted by Crippen LogP contribution is 2.45. The molecule has 35 heavy (non-hydrogen) atoms. The van der Waals surface area contributed by atoms with Crippen molar-refractivity contribution in [2.75, 3.05) is 20.5 Å². The summed E-state index contributed by atoms with van der Waals surface area (Å²) < 4.78 is 12.4. The number of pyridine rings is 1. The zero-order valence-corrected chi connectivity index (χ0v) is 21.2. The van der Waals surface area contributed by atoms with E-state index in [0.717, 1.165) is 0 Å². The van der Waals surface area contributed by atoms with E-state index in [1.165, 1.54) is 38.1 Å². The molecule has 0 spiro atoms. The van der Waals surface area contributed by atoms with E-state index in [1.807, 2.05) is 6.26 Å². The van der Waals surface area contributed by atoms with Gasteiger partial charge in [0.25, 0.3) is 5.69 Å². The molecule has 12 heteroatoms. The average molecular weight is 532 g/mol. The molecule has 0 aliphatic heterocycles. The summed E-state index contributed by atoms with van der Waals surface area (Å²) in [5.74, 6) is 0.670. The molecule has 9 nitrogen and oxygen atoms in total. The fourth-order valence-electron chi connectivity index (χ4n) is 3.68. The number of ether oxygens (including phenoxy) is 2. The SMILES string of the molecule is COc1cc(OC)c(Cl)c(-c2cc3cnc(SC)nc3n(Cc3cccc([N+](=O)[O-])c3)c2=N)c1Cl. The van der Waals surface area contributed by atoms with Crippen molar-refractivity contribution in [3.8, 4) is 22.6 Å². The summed E-state index contributed by atoms with van der Waals surface area (Å²) in [5, 5.41) is 22.0. The van der Waals surface area contributed by atoms with E-state index in [0.29, 0.717) is 44.4 Å². The summed E-state index contributed by atoms with van der Waals surface area (Å²) in [4.78, 5) is 19.8. The van der Waals surface area contributed by atoms with Crippen LogP contribution in [-0.4, -0.2) is 39.9 Å². The van der Waals surface area contributed by atoms with Crippen LogP contribution in [0.3, 0.4) is 0 Å². The molecule has 0 saturated carbocycles. The van der Waals surface area contributed by atoms with Gasteiger partial charge >= 0.3 is 0 Å². The van der Waals surface area contributed by atoms with Crippen LogP contribution in [0.2, 0.25) is 10.0 Å². The van der Waals surface area contributed by atoms with Gasteiger partial charge in [-0.3, -0.25) is 15.5 Å². The van der Waals surface area contributed by atoms with Crippen LogP contribution < -0.4 is 15.0 Å². The topological polar surface area (TPSA) is 116 Å². The summed E-state index contributed by atoms with van der Waals surface area (Å²) in [5.41, 5.74) is 1.88. The van der Waals surface area contributed by atoms with E-state index in [1.54, 1.807) is 35.0 Å². The second kappa shape index (κ2) is 10.1. The Morgan fingerprint density at radius 3 is 2.43 bits per heavy atom. The Morgan fingerprint density at radius 2 is 1.83 bits per heavy atom. The lowest BCUT2D eigenvalue weighted by atomic mass is 10.0. The molecule has 0 unspecified atom stereocenters. The normalized spacial score (nSPS) is 11.0. The third-order valence-electron chi connectivity index (χ3n) is 5.34. The Kier molecular flexibility index (Phi) is 7.15. The van der Waals surface area contributed by atoms with Gasteiger partial charge in [0.15, 0.2) is 5.16 Å². The number of nitro groups is 1. The smallest absolute Gasteiger partial charge is 0.269 e. The summed E-state index contributed by atoms with van der Waals surface area (Å²) >= 11 is 14.7. The minimum atomic E-state index is -0.458. The summed E-state index contributed by atoms with van der Waals surface area (Å²) in [6.45, 7) is 0.145. The van der Waals surface area contributed by atoms with Gasteiger partial charge in [-0.25, -0.2) is 9.97 Å². The van der Waals surface area contributed by atoms with Crippen molar-refractivity contribution in [2.45, 2.75) is 11.7 Å². The zero-order chi connectivity index (χ0) is 25.3. The molecule has 4 rings (SSSR count). The van der Waals surface area contributed by atoms with Gasteiger partial charge in [-0.2, -0.15) is 0 Å². The molecule has 2 aromatic carbocycles. The third-order valence-corrected chi connectivity index (χ3v) is 6.65. The van der Waals surface area contributed by atoms with E-state index >= 15 is 0 Å². The maximum absolute atomic E-state index is 11.3. The van der Waals surface area contributed by atoms with E-state index in [4.69, 9.17) is 38.1 Å². The van der Waals surface area contributed by atoms with Gasteiger partial charge in [-0.1, -0.05) is 47.1 Å². The monoisotopic (exact) mass is 531 g/mol. The highest BCUT2D eigenvalue weighted by atomic mass is 35.5. The van der Waals surface area contributed by atoms with Gasteiger partial charge in [0.2, 0.25) is 0 Å². The van der Waals surface area contributed by atoms with Crippen LogP contribution in [0.5, 0.6) is 11.5 Å². The number of halogens is 2. The van der Waals surface area contributed by atoms with Crippen LogP contribution in [0, 0.1) is 15.5 Å². The van der Waals surface area contributed by atoms with Crippen LogP contribution in [0.25, 0.3) is 22.2 Å². The predicted molar refractivity (Wildman–Crippen MR) is 136 cm³/mol. The van der Waals surface area contributed by atoms with Gasteiger partial charge in [0.05, 0.1) is 35.7 Å². The lowest BCUT2D eigenvalue weighted by Gasteiger charge is -2.18. The van der Waals surface area contributed by atoms with Crippen LogP contribution in [0.1, 0.15) is 5.56 Å². The van der Waals surface area contributed by atoms with Gasteiger partial charge < -0.3 is 14.0 Å². The Bertz CT molecular complexity index is 1500. The first-order valence-corrected chi connectivity index (χ1v) is 12.1. The van der Waals surface area contributed by atoms with Crippen molar-refractivity contribution in [3.63, 3.8) is 0 Å². The number of rotatable bonds is 7. The Morgan fingerprint density at radius 1 is 1.14 bits per heavy atom. The molecule has 0 amide bonds. The first-order chi connectivity index (χ1) is 16.8. The van der Waals surface area contributed by atoms with Crippen LogP contribution in [-0.2, 0) is 6.54 Å². The maximum atomic E-state index is 11.3. The zero-order valence-electron chi connectivity index (χ0n) is 18.8. The van der Waals surface area contributed by atoms with E-state index in [-0.39, 0.29) is 27.8 Å². The van der Waals surface area contributed by atoms with Gasteiger partial charge in [-0.15, -0.1) is 0 Å². The van der Waals surface area contributed by atoms with Crippen LogP contribution in [0.15, 0.2) is 47.8 Å². The maximum Gasteiger partial charge on any atom is 0.269 e. The Labute approximate surface area is 214 Å². The molecule has 0 saturated heterocycles. The first-order valence-electron chi connectivity index (χ1n) is 10.1. The van der Waals surface area contributed by atoms with Crippen molar-refractivity contribution in [2.24, 2.45) is 0 Å². The minimum absolute atomic E-state index is 0.0434. The first kappa shape index (κ1) is 24.8. The highest BCUT2D eigenvalue weighted by molar-refractivity contribution is 7.98. The molecular weight excluding hydrogens is 513 g/mol. The molecule has 0 atom stereocenters. The number of nitrogens with one attached hydrogen (secondary N) is 1. The second-order valence-electron chi connectivity index (χ2n) is 7.34. The fraction of sp³-hybridized carbons (Fsp3) is 0.174. The number of non-ortho nitro benzene ring substituents is 1. The molecule has 180 valence electrons. The van der Waals surface area contributed by atoms with Gasteiger partial charge in [0.1, 0.15) is 22.6 Å². The van der Waals surface area contributed by atoms with Crippen molar-refractivity contribution < 1.29 is 14.4 Å². The molecular formula is C23H19Cl2N5O4S. The van der Waals surface area contributed by atoms with Crippen molar-refractivity contribution in [1.29, 1.82) is 5.41 Å². The number of thioether (sulfide) groups is 1. The highest BCUT2D eigenvalue weighted by Gasteiger charge is 2.22. The molecule has 0 aliphatic rings. The summed E-state index contributed by atoms with van der Waals surface area (Å²) in [6.07, 6.45) is 3.50. The van der Waals surface area contributed by atoms with Crippen molar-refractivity contribution in [3.05, 3.63) is 73.8 Å². The number of methoxy groups -OCH3 is 2. The number of nitrogens with zero attached hydrogens (tertiary/aromatic N) is 4. The van der Waals surface area contributed by atoms with E-state index in [9.17, 15) is 10.1 Å². The fourth-order valence-corrected chi connectivity index (χ4v) is 4.72. The average Bonchev–Trinajstić information content (AvgIpc) is 2.86. The predicted octanol–water partition coefficient (Wildman–Crippen LogP) is 5.58. The molecule has 0 fully saturated rings. The molecule has 0 bridgehead atoms. The van der Waals surface area contributed by atoms with Gasteiger partial charge in [0, 0.05) is 40.9 Å². The summed E-state index contributed by atoms with van der Waals surface area (Å²) in [6, 6.07) is 9.55. The second-order valence-corrected chi connectivity index (χ2v) is 8.87. The standard InChI is InChI=1S/C23H19Cl2N5O4S/c1-33-16-9-17(34-2)20(25)18(19(16)24)15-8-13-10-27-23(35-3)28-22(13)29(21(15)26)11-12-5-4-6-14(7-12)30(31)32/h4-10,26H,11H2,1-3H3. The van der Waals surface area contributed by atoms with Crippen molar-refractivity contribution in [1.82, 2.24) is 14.5 Å². The molecule has 0 aliphatic carbocycles. The number of nitro benzene ring substituents is 1. The third kappa shape index (κ3) is 4.64. The number of hydrogen-bond acceptors (Lipinski definition) is 8. The molecule has 2 heterocycles. The molecule has 0 radical (unpaired) electrons. The lowest BCUT2D eigenvalue weighted by Crippen LogP contribution is -2.24. The number of hydrogen-bond donors (Lipinski definition) is 1. The Balaban J connectivity index is 2.04. The van der Waals surface area contributed by atoms with Crippen LogP contribution in [0.4, 0.5) is 5.69 Å². The molecule has 1 N–H and O–H groups in total. The van der Waals surface area contributed by atoms with Gasteiger partial charge in [-0.05, 0) is 17.9 Å². The van der Waals surface area contributed by atoms with Crippen molar-refractivity contribution >= 4 is 51.7 Å².